The molecule has 0 radical (unpaired) electrons. The van der Waals surface area contributed by atoms with Gasteiger partial charge >= 0.3 is 0 Å². The Labute approximate surface area is 158 Å². The lowest BCUT2D eigenvalue weighted by Gasteiger charge is -2.24. The Kier molecular flexibility index (Phi) is 5.29. The van der Waals surface area contributed by atoms with Gasteiger partial charge in [0, 0.05) is 38.1 Å². The Bertz CT molecular complexity index is 849. The van der Waals surface area contributed by atoms with Crippen LogP contribution in [-0.4, -0.2) is 43.8 Å². The molecule has 0 bridgehead atoms. The summed E-state index contributed by atoms with van der Waals surface area (Å²) < 4.78 is 2.05. The van der Waals surface area contributed by atoms with E-state index < -0.39 is 0 Å². The summed E-state index contributed by atoms with van der Waals surface area (Å²) in [5.74, 6) is 1.67. The molecule has 4 rings (SSSR count). The van der Waals surface area contributed by atoms with E-state index in [0.717, 1.165) is 37.6 Å². The second kappa shape index (κ2) is 8.18. The monoisotopic (exact) mass is 364 g/mol. The third-order valence-electron chi connectivity index (χ3n) is 4.96. The van der Waals surface area contributed by atoms with Gasteiger partial charge in [0.2, 0.25) is 0 Å². The molecule has 2 aromatic heterocycles. The van der Waals surface area contributed by atoms with Crippen molar-refractivity contribution < 1.29 is 5.11 Å². The van der Waals surface area contributed by atoms with Gasteiger partial charge in [0.05, 0.1) is 19.0 Å². The predicted molar refractivity (Wildman–Crippen MR) is 105 cm³/mol. The van der Waals surface area contributed by atoms with E-state index in [0.29, 0.717) is 6.54 Å². The van der Waals surface area contributed by atoms with Gasteiger partial charge in [-0.25, -0.2) is 15.0 Å². The maximum Gasteiger partial charge on any atom is 0.134 e. The molecule has 1 atom stereocenters. The molecule has 0 spiro atoms. The third kappa shape index (κ3) is 4.25. The lowest BCUT2D eigenvalue weighted by molar-refractivity contribution is 0.266. The van der Waals surface area contributed by atoms with Crippen molar-refractivity contribution in [3.8, 4) is 0 Å². The van der Waals surface area contributed by atoms with Crippen LogP contribution < -0.4 is 10.2 Å². The van der Waals surface area contributed by atoms with Crippen LogP contribution >= 0.6 is 0 Å². The van der Waals surface area contributed by atoms with E-state index in [1.807, 2.05) is 23.2 Å². The van der Waals surface area contributed by atoms with Crippen LogP contribution in [0.4, 0.5) is 11.6 Å². The van der Waals surface area contributed by atoms with Gasteiger partial charge in [-0.1, -0.05) is 24.3 Å². The van der Waals surface area contributed by atoms with Crippen LogP contribution in [0, 0.1) is 0 Å². The highest BCUT2D eigenvalue weighted by Gasteiger charge is 2.25. The van der Waals surface area contributed by atoms with E-state index in [2.05, 4.69) is 49.4 Å². The van der Waals surface area contributed by atoms with Crippen LogP contribution in [0.3, 0.4) is 0 Å². The van der Waals surface area contributed by atoms with E-state index in [1.54, 1.807) is 12.5 Å². The number of anilines is 2. The van der Waals surface area contributed by atoms with Gasteiger partial charge in [0.1, 0.15) is 18.0 Å². The molecule has 1 aliphatic heterocycles. The van der Waals surface area contributed by atoms with Gasteiger partial charge in [-0.05, 0) is 24.0 Å². The number of nitrogens with one attached hydrogen (secondary N) is 1. The molecule has 7 nitrogen and oxygen atoms in total. The summed E-state index contributed by atoms with van der Waals surface area (Å²) in [5.41, 5.74) is 2.43. The molecule has 7 heteroatoms. The zero-order valence-electron chi connectivity index (χ0n) is 15.2. The normalized spacial score (nSPS) is 16.6. The first-order chi connectivity index (χ1) is 13.3. The highest BCUT2D eigenvalue weighted by Crippen LogP contribution is 2.24. The molecule has 0 saturated carbocycles. The lowest BCUT2D eigenvalue weighted by Crippen LogP contribution is -2.32. The number of aromatic nitrogens is 4. The van der Waals surface area contributed by atoms with Crippen LogP contribution in [-0.2, 0) is 13.1 Å². The van der Waals surface area contributed by atoms with Crippen molar-refractivity contribution in [2.75, 3.05) is 23.4 Å². The first-order valence-electron chi connectivity index (χ1n) is 9.29. The van der Waals surface area contributed by atoms with Crippen LogP contribution in [0.1, 0.15) is 24.0 Å². The molecule has 0 amide bonds. The molecule has 2 N–H and O–H groups in total. The second-order valence-electron chi connectivity index (χ2n) is 6.84. The average molecular weight is 364 g/mol. The largest absolute Gasteiger partial charge is 0.394 e. The maximum absolute atomic E-state index is 9.52. The Hall–Kier alpha value is -2.93. The van der Waals surface area contributed by atoms with Crippen LogP contribution in [0.2, 0.25) is 0 Å². The average Bonchev–Trinajstić information content (AvgIpc) is 3.39. The smallest absolute Gasteiger partial charge is 0.134 e. The molecule has 1 saturated heterocycles. The molecule has 0 aliphatic carbocycles. The lowest BCUT2D eigenvalue weighted by atomic mass is 10.1. The first-order valence-corrected chi connectivity index (χ1v) is 9.29. The van der Waals surface area contributed by atoms with Gasteiger partial charge in [0.25, 0.3) is 0 Å². The molecule has 1 unspecified atom stereocenters. The molecule has 1 fully saturated rings. The van der Waals surface area contributed by atoms with E-state index >= 15 is 0 Å². The highest BCUT2D eigenvalue weighted by atomic mass is 16.3. The topological polar surface area (TPSA) is 79.1 Å². The zero-order valence-corrected chi connectivity index (χ0v) is 15.2. The van der Waals surface area contributed by atoms with Crippen molar-refractivity contribution >= 4 is 11.6 Å². The Morgan fingerprint density at radius 1 is 1.15 bits per heavy atom. The van der Waals surface area contributed by atoms with Gasteiger partial charge in [0.15, 0.2) is 0 Å². The van der Waals surface area contributed by atoms with Crippen molar-refractivity contribution in [1.29, 1.82) is 0 Å². The van der Waals surface area contributed by atoms with Crippen LogP contribution in [0.25, 0.3) is 0 Å². The SMILES string of the molecule is OCC1CCCN1c1cc(NCc2ccc(Cn3ccnc3)cc2)ncn1. The van der Waals surface area contributed by atoms with Crippen molar-refractivity contribution in [1.82, 2.24) is 19.5 Å². The number of benzene rings is 1. The van der Waals surface area contributed by atoms with Gasteiger partial charge in [-0.2, -0.15) is 0 Å². The molecule has 27 heavy (non-hydrogen) atoms. The number of rotatable bonds is 7. The van der Waals surface area contributed by atoms with E-state index in [9.17, 15) is 5.11 Å². The predicted octanol–water partition coefficient (Wildman–Crippen LogP) is 2.29. The Balaban J connectivity index is 1.36. The molecule has 3 aromatic rings. The molecular weight excluding hydrogens is 340 g/mol. The maximum atomic E-state index is 9.52. The second-order valence-corrected chi connectivity index (χ2v) is 6.84. The molecule has 140 valence electrons. The van der Waals surface area contributed by atoms with Crippen LogP contribution in [0.5, 0.6) is 0 Å². The minimum Gasteiger partial charge on any atom is -0.394 e. The summed E-state index contributed by atoms with van der Waals surface area (Å²) in [7, 11) is 0. The fourth-order valence-corrected chi connectivity index (χ4v) is 3.47. The minimum atomic E-state index is 0.163. The van der Waals surface area contributed by atoms with Crippen molar-refractivity contribution in [2.45, 2.75) is 32.0 Å². The number of imidazole rings is 1. The summed E-state index contributed by atoms with van der Waals surface area (Å²) in [4.78, 5) is 14.9. The number of nitrogens with zero attached hydrogens (tertiary/aromatic N) is 5. The molecule has 3 heterocycles. The quantitative estimate of drug-likeness (QED) is 0.670. The highest BCUT2D eigenvalue weighted by molar-refractivity contribution is 5.50. The third-order valence-corrected chi connectivity index (χ3v) is 4.96. The van der Waals surface area contributed by atoms with Crippen LogP contribution in [0.15, 0.2) is 55.4 Å². The molecule has 1 aliphatic rings. The molecule has 1 aromatic carbocycles. The first kappa shape index (κ1) is 17.5. The van der Waals surface area contributed by atoms with Crippen molar-refractivity contribution in [2.24, 2.45) is 0 Å². The number of aliphatic hydroxyl groups is 1. The summed E-state index contributed by atoms with van der Waals surface area (Å²) in [6.45, 7) is 2.62. The van der Waals surface area contributed by atoms with Gasteiger partial charge in [-0.15, -0.1) is 0 Å². The Morgan fingerprint density at radius 3 is 2.78 bits per heavy atom. The van der Waals surface area contributed by atoms with Crippen molar-refractivity contribution in [3.05, 3.63) is 66.5 Å². The van der Waals surface area contributed by atoms with E-state index in [1.165, 1.54) is 11.1 Å². The summed E-state index contributed by atoms with van der Waals surface area (Å²) in [6, 6.07) is 10.7. The fraction of sp³-hybridized carbons (Fsp3) is 0.350. The zero-order chi connectivity index (χ0) is 18.5. The molecular formula is C20H24N6O. The van der Waals surface area contributed by atoms with Gasteiger partial charge < -0.3 is 19.9 Å². The van der Waals surface area contributed by atoms with E-state index in [-0.39, 0.29) is 12.6 Å². The summed E-state index contributed by atoms with van der Waals surface area (Å²) in [5, 5.41) is 12.9. The number of hydrogen-bond donors (Lipinski definition) is 2. The van der Waals surface area contributed by atoms with Crippen molar-refractivity contribution in [3.63, 3.8) is 0 Å². The van der Waals surface area contributed by atoms with E-state index in [4.69, 9.17) is 0 Å². The standard InChI is InChI=1S/C20H24N6O/c27-13-18-2-1-8-26(18)20-10-19(23-14-24-20)22-11-16-3-5-17(6-4-16)12-25-9-7-21-15-25/h3-7,9-10,14-15,18,27H,1-2,8,11-13H2,(H,22,23,24). The number of aliphatic hydroxyl groups excluding tert-OH is 1. The van der Waals surface area contributed by atoms with Gasteiger partial charge in [-0.3, -0.25) is 0 Å². The fourth-order valence-electron chi connectivity index (χ4n) is 3.47. The minimum absolute atomic E-state index is 0.163. The number of hydrogen-bond acceptors (Lipinski definition) is 6. The Morgan fingerprint density at radius 2 is 2.00 bits per heavy atom. The summed E-state index contributed by atoms with van der Waals surface area (Å²) >= 11 is 0. The summed E-state index contributed by atoms with van der Waals surface area (Å²) in [6.07, 6.45) is 9.25.